The lowest BCUT2D eigenvalue weighted by atomic mass is 9.98. The van der Waals surface area contributed by atoms with Crippen LogP contribution in [0.4, 0.5) is 4.39 Å². The van der Waals surface area contributed by atoms with E-state index < -0.39 is 11.9 Å². The second-order valence-electron chi connectivity index (χ2n) is 4.70. The molecule has 0 amide bonds. The van der Waals surface area contributed by atoms with Crippen LogP contribution in [0.2, 0.25) is 5.02 Å². The maximum absolute atomic E-state index is 13.7. The van der Waals surface area contributed by atoms with Gasteiger partial charge >= 0.3 is 0 Å². The van der Waals surface area contributed by atoms with Crippen LogP contribution in [0.5, 0.6) is 0 Å². The lowest BCUT2D eigenvalue weighted by Gasteiger charge is -2.13. The van der Waals surface area contributed by atoms with Gasteiger partial charge in [-0.2, -0.15) is 0 Å². The summed E-state index contributed by atoms with van der Waals surface area (Å²) in [5.74, 6) is -0.437. The predicted molar refractivity (Wildman–Crippen MR) is 76.0 cm³/mol. The molecule has 1 atom stereocenters. The summed E-state index contributed by atoms with van der Waals surface area (Å²) in [5.41, 5.74) is 2.67. The van der Waals surface area contributed by atoms with E-state index in [0.717, 1.165) is 11.1 Å². The first kappa shape index (κ1) is 14.0. The Bertz CT molecular complexity index is 568. The highest BCUT2D eigenvalue weighted by Gasteiger charge is 2.13. The Hall–Kier alpha value is -1.38. The monoisotopic (exact) mass is 278 g/mol. The van der Waals surface area contributed by atoms with E-state index in [4.69, 9.17) is 11.6 Å². The summed E-state index contributed by atoms with van der Waals surface area (Å²) in [5, 5.41) is 10.2. The molecule has 19 heavy (non-hydrogen) atoms. The van der Waals surface area contributed by atoms with Crippen LogP contribution in [0.1, 0.15) is 16.7 Å². The first-order chi connectivity index (χ1) is 9.08. The molecule has 2 aromatic carbocycles. The number of halogens is 2. The minimum Gasteiger partial charge on any atom is -0.392 e. The first-order valence-electron chi connectivity index (χ1n) is 6.23. The van der Waals surface area contributed by atoms with E-state index in [-0.39, 0.29) is 11.4 Å². The van der Waals surface area contributed by atoms with E-state index in [1.165, 1.54) is 6.07 Å². The fourth-order valence-corrected chi connectivity index (χ4v) is 2.32. The van der Waals surface area contributed by atoms with Crippen molar-refractivity contribution in [2.45, 2.75) is 25.9 Å². The second-order valence-corrected chi connectivity index (χ2v) is 5.11. The molecule has 0 spiro atoms. The molecule has 2 rings (SSSR count). The van der Waals surface area contributed by atoms with Crippen molar-refractivity contribution in [1.29, 1.82) is 0 Å². The van der Waals surface area contributed by atoms with Gasteiger partial charge in [0, 0.05) is 6.42 Å². The number of rotatable bonds is 4. The van der Waals surface area contributed by atoms with Crippen molar-refractivity contribution >= 4 is 11.6 Å². The average molecular weight is 279 g/mol. The summed E-state index contributed by atoms with van der Waals surface area (Å²) in [6.07, 6.45) is 0.161. The molecule has 0 aromatic heterocycles. The van der Waals surface area contributed by atoms with Crippen LogP contribution in [0.15, 0.2) is 42.5 Å². The van der Waals surface area contributed by atoms with Crippen molar-refractivity contribution in [1.82, 2.24) is 0 Å². The highest BCUT2D eigenvalue weighted by Crippen LogP contribution is 2.20. The van der Waals surface area contributed by atoms with E-state index in [2.05, 4.69) is 0 Å². The van der Waals surface area contributed by atoms with E-state index in [0.29, 0.717) is 12.0 Å². The van der Waals surface area contributed by atoms with Crippen LogP contribution in [0, 0.1) is 12.7 Å². The molecule has 0 radical (unpaired) electrons. The highest BCUT2D eigenvalue weighted by molar-refractivity contribution is 6.30. The second kappa shape index (κ2) is 6.18. The minimum atomic E-state index is -0.617. The predicted octanol–water partition coefficient (Wildman–Crippen LogP) is 3.93. The molecule has 1 nitrogen and oxygen atoms in total. The van der Waals surface area contributed by atoms with Gasteiger partial charge < -0.3 is 5.11 Å². The quantitative estimate of drug-likeness (QED) is 0.898. The number of aliphatic hydroxyl groups excluding tert-OH is 1. The molecule has 1 N–H and O–H groups in total. The molecule has 0 aliphatic carbocycles. The van der Waals surface area contributed by atoms with Gasteiger partial charge in [-0.15, -0.1) is 0 Å². The van der Waals surface area contributed by atoms with E-state index in [9.17, 15) is 9.50 Å². The molecule has 0 heterocycles. The van der Waals surface area contributed by atoms with Crippen LogP contribution in [-0.2, 0) is 12.8 Å². The van der Waals surface area contributed by atoms with Gasteiger partial charge in [0.15, 0.2) is 0 Å². The van der Waals surface area contributed by atoms with Gasteiger partial charge in [-0.05, 0) is 36.1 Å². The van der Waals surface area contributed by atoms with Crippen molar-refractivity contribution in [2.24, 2.45) is 0 Å². The fourth-order valence-electron chi connectivity index (χ4n) is 2.13. The van der Waals surface area contributed by atoms with Crippen molar-refractivity contribution in [3.8, 4) is 0 Å². The van der Waals surface area contributed by atoms with E-state index in [1.807, 2.05) is 31.2 Å². The molecule has 3 heteroatoms. The van der Waals surface area contributed by atoms with Crippen molar-refractivity contribution in [2.75, 3.05) is 0 Å². The Morgan fingerprint density at radius 3 is 2.42 bits per heavy atom. The molecule has 0 saturated carbocycles. The lowest BCUT2D eigenvalue weighted by Crippen LogP contribution is -2.15. The zero-order valence-electron chi connectivity index (χ0n) is 10.7. The summed E-state index contributed by atoms with van der Waals surface area (Å²) >= 11 is 5.73. The summed E-state index contributed by atoms with van der Waals surface area (Å²) < 4.78 is 13.7. The SMILES string of the molecule is Cc1ccccc1CC(O)Cc1cccc(Cl)c1F. The Morgan fingerprint density at radius 1 is 1.05 bits per heavy atom. The number of aliphatic hydroxyl groups is 1. The Labute approximate surface area is 117 Å². The molecule has 100 valence electrons. The van der Waals surface area contributed by atoms with Gasteiger partial charge in [0.25, 0.3) is 0 Å². The number of aryl methyl sites for hydroxylation is 1. The zero-order valence-corrected chi connectivity index (χ0v) is 11.5. The third-order valence-electron chi connectivity index (χ3n) is 3.20. The first-order valence-corrected chi connectivity index (χ1v) is 6.61. The van der Waals surface area contributed by atoms with Crippen molar-refractivity contribution in [3.63, 3.8) is 0 Å². The normalized spacial score (nSPS) is 12.4. The van der Waals surface area contributed by atoms with Gasteiger partial charge in [0.2, 0.25) is 0 Å². The van der Waals surface area contributed by atoms with Gasteiger partial charge in [-0.25, -0.2) is 4.39 Å². The molecule has 0 saturated heterocycles. The average Bonchev–Trinajstić information content (AvgIpc) is 2.38. The molecule has 1 unspecified atom stereocenters. The van der Waals surface area contributed by atoms with Gasteiger partial charge in [0.1, 0.15) is 5.82 Å². The molecular weight excluding hydrogens is 263 g/mol. The Kier molecular flexibility index (Phi) is 4.56. The van der Waals surface area contributed by atoms with Crippen LogP contribution >= 0.6 is 11.6 Å². The van der Waals surface area contributed by atoms with E-state index in [1.54, 1.807) is 12.1 Å². The number of benzene rings is 2. The molecule has 0 aliphatic rings. The standard InChI is InChI=1S/C16H16ClFO/c1-11-5-2-3-6-12(11)9-14(19)10-13-7-4-8-15(17)16(13)18/h2-8,14,19H,9-10H2,1H3. The minimum absolute atomic E-state index is 0.0978. The lowest BCUT2D eigenvalue weighted by molar-refractivity contribution is 0.174. The molecular formula is C16H16ClFO. The third kappa shape index (κ3) is 3.55. The largest absolute Gasteiger partial charge is 0.392 e. The van der Waals surface area contributed by atoms with Gasteiger partial charge in [-0.1, -0.05) is 48.0 Å². The molecule has 0 fully saturated rings. The maximum Gasteiger partial charge on any atom is 0.145 e. The Balaban J connectivity index is 2.08. The third-order valence-corrected chi connectivity index (χ3v) is 3.50. The van der Waals surface area contributed by atoms with Crippen molar-refractivity contribution in [3.05, 3.63) is 70.0 Å². The summed E-state index contributed by atoms with van der Waals surface area (Å²) in [4.78, 5) is 0. The van der Waals surface area contributed by atoms with Gasteiger partial charge in [0.05, 0.1) is 11.1 Å². The Morgan fingerprint density at radius 2 is 1.68 bits per heavy atom. The van der Waals surface area contributed by atoms with Gasteiger partial charge in [-0.3, -0.25) is 0 Å². The fraction of sp³-hybridized carbons (Fsp3) is 0.250. The maximum atomic E-state index is 13.7. The van der Waals surface area contributed by atoms with Crippen LogP contribution < -0.4 is 0 Å². The van der Waals surface area contributed by atoms with Crippen molar-refractivity contribution < 1.29 is 9.50 Å². The smallest absolute Gasteiger partial charge is 0.145 e. The summed E-state index contributed by atoms with van der Waals surface area (Å²) in [7, 11) is 0. The number of hydrogen-bond donors (Lipinski definition) is 1. The molecule has 2 aromatic rings. The number of hydrogen-bond acceptors (Lipinski definition) is 1. The van der Waals surface area contributed by atoms with Crippen LogP contribution in [0.25, 0.3) is 0 Å². The molecule has 0 bridgehead atoms. The highest BCUT2D eigenvalue weighted by atomic mass is 35.5. The van der Waals surface area contributed by atoms with E-state index >= 15 is 0 Å². The van der Waals surface area contributed by atoms with Crippen LogP contribution in [-0.4, -0.2) is 11.2 Å². The zero-order chi connectivity index (χ0) is 13.8. The summed E-state index contributed by atoms with van der Waals surface area (Å²) in [6, 6.07) is 12.7. The summed E-state index contributed by atoms with van der Waals surface area (Å²) in [6.45, 7) is 2.00. The molecule has 0 aliphatic heterocycles. The van der Waals surface area contributed by atoms with Crippen LogP contribution in [0.3, 0.4) is 0 Å². The topological polar surface area (TPSA) is 20.2 Å².